The molecule has 15 heavy (non-hydrogen) atoms. The first-order chi connectivity index (χ1) is 7.17. The van der Waals surface area contributed by atoms with Gasteiger partial charge in [-0.05, 0) is 31.0 Å². The van der Waals surface area contributed by atoms with Gasteiger partial charge < -0.3 is 14.8 Å². The minimum Gasteiger partial charge on any atom is -0.380 e. The van der Waals surface area contributed by atoms with E-state index < -0.39 is 0 Å². The van der Waals surface area contributed by atoms with Gasteiger partial charge in [-0.3, -0.25) is 0 Å². The molecule has 3 heteroatoms. The van der Waals surface area contributed by atoms with Crippen LogP contribution in [0.25, 0.3) is 0 Å². The van der Waals surface area contributed by atoms with Crippen molar-refractivity contribution in [3.8, 4) is 0 Å². The molecule has 1 aromatic rings. The van der Waals surface area contributed by atoms with Gasteiger partial charge in [0, 0.05) is 19.9 Å². The lowest BCUT2D eigenvalue weighted by atomic mass is 10.1. The van der Waals surface area contributed by atoms with Crippen LogP contribution in [0.4, 0.5) is 5.69 Å². The molecule has 3 nitrogen and oxygen atoms in total. The molecule has 1 aromatic carbocycles. The van der Waals surface area contributed by atoms with Crippen molar-refractivity contribution < 1.29 is 9.47 Å². The summed E-state index contributed by atoms with van der Waals surface area (Å²) in [6, 6.07) is 6.33. The molecule has 0 aromatic heterocycles. The summed E-state index contributed by atoms with van der Waals surface area (Å²) in [5, 5.41) is 3.31. The SMILES string of the molecule is COC(CNc1cc(C)ccc1C)OC. The Hall–Kier alpha value is -1.06. The van der Waals surface area contributed by atoms with Crippen molar-refractivity contribution in [3.05, 3.63) is 29.3 Å². The summed E-state index contributed by atoms with van der Waals surface area (Å²) in [7, 11) is 3.28. The summed E-state index contributed by atoms with van der Waals surface area (Å²) < 4.78 is 10.2. The fourth-order valence-corrected chi connectivity index (χ4v) is 1.38. The maximum Gasteiger partial charge on any atom is 0.173 e. The number of nitrogens with one attached hydrogen (secondary N) is 1. The topological polar surface area (TPSA) is 30.5 Å². The molecule has 0 aliphatic rings. The van der Waals surface area contributed by atoms with Gasteiger partial charge in [-0.2, -0.15) is 0 Å². The second-order valence-electron chi connectivity index (χ2n) is 3.60. The molecule has 0 amide bonds. The predicted octanol–water partition coefficient (Wildman–Crippen LogP) is 2.33. The highest BCUT2D eigenvalue weighted by Crippen LogP contribution is 2.16. The van der Waals surface area contributed by atoms with E-state index in [4.69, 9.17) is 9.47 Å². The van der Waals surface area contributed by atoms with E-state index in [0.717, 1.165) is 5.69 Å². The van der Waals surface area contributed by atoms with Crippen LogP contribution in [-0.2, 0) is 9.47 Å². The number of rotatable bonds is 5. The summed E-state index contributed by atoms with van der Waals surface area (Å²) in [5.74, 6) is 0. The molecule has 1 rings (SSSR count). The van der Waals surface area contributed by atoms with Gasteiger partial charge in [0.2, 0.25) is 0 Å². The number of anilines is 1. The van der Waals surface area contributed by atoms with E-state index in [1.54, 1.807) is 14.2 Å². The molecule has 0 saturated carbocycles. The van der Waals surface area contributed by atoms with Crippen LogP contribution < -0.4 is 5.32 Å². The van der Waals surface area contributed by atoms with Crippen LogP contribution in [0, 0.1) is 13.8 Å². The van der Waals surface area contributed by atoms with Crippen molar-refractivity contribution in [2.24, 2.45) is 0 Å². The molecular weight excluding hydrogens is 190 g/mol. The first kappa shape index (κ1) is 12.0. The first-order valence-electron chi connectivity index (χ1n) is 5.04. The summed E-state index contributed by atoms with van der Waals surface area (Å²) >= 11 is 0. The lowest BCUT2D eigenvalue weighted by Gasteiger charge is -2.16. The summed E-state index contributed by atoms with van der Waals surface area (Å²) in [4.78, 5) is 0. The average molecular weight is 209 g/mol. The van der Waals surface area contributed by atoms with Gasteiger partial charge in [0.05, 0.1) is 6.54 Å². The molecule has 0 atom stereocenters. The minimum atomic E-state index is -0.204. The predicted molar refractivity (Wildman–Crippen MR) is 62.2 cm³/mol. The molecular formula is C12H19NO2. The Labute approximate surface area is 91.4 Å². The van der Waals surface area contributed by atoms with Crippen molar-refractivity contribution in [2.45, 2.75) is 20.1 Å². The summed E-state index contributed by atoms with van der Waals surface area (Å²) in [5.41, 5.74) is 3.61. The Morgan fingerprint density at radius 2 is 1.87 bits per heavy atom. The normalized spacial score (nSPS) is 10.7. The number of hydrogen-bond donors (Lipinski definition) is 1. The number of methoxy groups -OCH3 is 2. The van der Waals surface area contributed by atoms with Gasteiger partial charge >= 0.3 is 0 Å². The van der Waals surface area contributed by atoms with E-state index in [9.17, 15) is 0 Å². The second kappa shape index (κ2) is 5.73. The van der Waals surface area contributed by atoms with E-state index in [-0.39, 0.29) is 6.29 Å². The van der Waals surface area contributed by atoms with Crippen molar-refractivity contribution in [1.29, 1.82) is 0 Å². The average Bonchev–Trinajstić information content (AvgIpc) is 2.24. The van der Waals surface area contributed by atoms with Gasteiger partial charge in [-0.25, -0.2) is 0 Å². The van der Waals surface area contributed by atoms with Crippen LogP contribution in [-0.4, -0.2) is 27.1 Å². The second-order valence-corrected chi connectivity index (χ2v) is 3.60. The zero-order valence-electron chi connectivity index (χ0n) is 9.83. The monoisotopic (exact) mass is 209 g/mol. The fourth-order valence-electron chi connectivity index (χ4n) is 1.38. The zero-order chi connectivity index (χ0) is 11.3. The third-order valence-electron chi connectivity index (χ3n) is 2.38. The lowest BCUT2D eigenvalue weighted by molar-refractivity contribution is -0.0914. The highest BCUT2D eigenvalue weighted by Gasteiger charge is 2.05. The van der Waals surface area contributed by atoms with Gasteiger partial charge in [0.15, 0.2) is 6.29 Å². The number of ether oxygens (including phenoxy) is 2. The van der Waals surface area contributed by atoms with E-state index in [1.807, 2.05) is 0 Å². The van der Waals surface area contributed by atoms with Crippen LogP contribution in [0.1, 0.15) is 11.1 Å². The molecule has 0 saturated heterocycles. The molecule has 0 bridgehead atoms. The highest BCUT2D eigenvalue weighted by atomic mass is 16.7. The van der Waals surface area contributed by atoms with E-state index in [2.05, 4.69) is 37.4 Å². The Balaban J connectivity index is 2.60. The van der Waals surface area contributed by atoms with E-state index in [1.165, 1.54) is 11.1 Å². The Morgan fingerprint density at radius 3 is 2.47 bits per heavy atom. The summed E-state index contributed by atoms with van der Waals surface area (Å²) in [6.07, 6.45) is -0.204. The molecule has 84 valence electrons. The van der Waals surface area contributed by atoms with Gasteiger partial charge in [-0.15, -0.1) is 0 Å². The molecule has 0 fully saturated rings. The number of aryl methyl sites for hydroxylation is 2. The molecule has 0 aliphatic carbocycles. The molecule has 0 heterocycles. The van der Waals surface area contributed by atoms with E-state index >= 15 is 0 Å². The minimum absolute atomic E-state index is 0.204. The largest absolute Gasteiger partial charge is 0.380 e. The molecule has 0 radical (unpaired) electrons. The van der Waals surface area contributed by atoms with Gasteiger partial charge in [0.25, 0.3) is 0 Å². The molecule has 0 unspecified atom stereocenters. The van der Waals surface area contributed by atoms with E-state index in [0.29, 0.717) is 6.54 Å². The number of hydrogen-bond acceptors (Lipinski definition) is 3. The van der Waals surface area contributed by atoms with Gasteiger partial charge in [0.1, 0.15) is 0 Å². The Morgan fingerprint density at radius 1 is 1.20 bits per heavy atom. The fraction of sp³-hybridized carbons (Fsp3) is 0.500. The maximum absolute atomic E-state index is 5.11. The van der Waals surface area contributed by atoms with Crippen LogP contribution in [0.15, 0.2) is 18.2 Å². The lowest BCUT2D eigenvalue weighted by Crippen LogP contribution is -2.23. The summed E-state index contributed by atoms with van der Waals surface area (Å²) in [6.45, 7) is 4.81. The first-order valence-corrected chi connectivity index (χ1v) is 5.04. The smallest absolute Gasteiger partial charge is 0.173 e. The Kier molecular flexibility index (Phi) is 4.59. The van der Waals surface area contributed by atoms with Crippen molar-refractivity contribution >= 4 is 5.69 Å². The third-order valence-corrected chi connectivity index (χ3v) is 2.38. The van der Waals surface area contributed by atoms with Gasteiger partial charge in [-0.1, -0.05) is 12.1 Å². The number of benzene rings is 1. The molecule has 0 aliphatic heterocycles. The van der Waals surface area contributed by atoms with Crippen molar-refractivity contribution in [1.82, 2.24) is 0 Å². The van der Waals surface area contributed by atoms with Crippen LogP contribution in [0.5, 0.6) is 0 Å². The standard InChI is InChI=1S/C12H19NO2/c1-9-5-6-10(2)11(7-9)13-8-12(14-3)15-4/h5-7,12-13H,8H2,1-4H3. The highest BCUT2D eigenvalue weighted by molar-refractivity contribution is 5.52. The zero-order valence-corrected chi connectivity index (χ0v) is 9.83. The maximum atomic E-state index is 5.11. The van der Waals surface area contributed by atoms with Crippen molar-refractivity contribution in [3.63, 3.8) is 0 Å². The van der Waals surface area contributed by atoms with Crippen molar-refractivity contribution in [2.75, 3.05) is 26.1 Å². The molecule has 0 spiro atoms. The Bertz CT molecular complexity index is 308. The van der Waals surface area contributed by atoms with Crippen LogP contribution >= 0.6 is 0 Å². The third kappa shape index (κ3) is 3.53. The molecule has 1 N–H and O–H groups in total. The van der Waals surface area contributed by atoms with Crippen LogP contribution in [0.3, 0.4) is 0 Å². The quantitative estimate of drug-likeness (QED) is 0.755. The van der Waals surface area contributed by atoms with Crippen LogP contribution in [0.2, 0.25) is 0 Å².